The van der Waals surface area contributed by atoms with E-state index in [2.05, 4.69) is 5.32 Å². The third kappa shape index (κ3) is 2.85. The standard InChI is InChI=1S/C14H24N2O2/c1-2-9-15-14(18)16-10-5-7-12(16)11-6-3-4-8-13(11)17/h11-12H,2-10H2,1H3,(H,15,18). The Labute approximate surface area is 109 Å². The van der Waals surface area contributed by atoms with E-state index in [0.717, 1.165) is 51.6 Å². The van der Waals surface area contributed by atoms with Crippen LogP contribution in [0.3, 0.4) is 0 Å². The molecule has 1 N–H and O–H groups in total. The summed E-state index contributed by atoms with van der Waals surface area (Å²) in [6, 6.07) is 0.187. The van der Waals surface area contributed by atoms with Gasteiger partial charge in [-0.1, -0.05) is 13.3 Å². The summed E-state index contributed by atoms with van der Waals surface area (Å²) in [6.07, 6.45) is 6.84. The van der Waals surface area contributed by atoms with Crippen molar-refractivity contribution in [3.8, 4) is 0 Å². The van der Waals surface area contributed by atoms with Gasteiger partial charge in [-0.15, -0.1) is 0 Å². The Kier molecular flexibility index (Phi) is 4.61. The monoisotopic (exact) mass is 252 g/mol. The van der Waals surface area contributed by atoms with Crippen LogP contribution in [0.2, 0.25) is 0 Å². The van der Waals surface area contributed by atoms with Crippen molar-refractivity contribution in [2.24, 2.45) is 5.92 Å². The minimum atomic E-state index is 0.0257. The molecule has 0 aromatic rings. The van der Waals surface area contributed by atoms with Crippen molar-refractivity contribution in [3.05, 3.63) is 0 Å². The van der Waals surface area contributed by atoms with E-state index in [9.17, 15) is 9.59 Å². The zero-order valence-electron chi connectivity index (χ0n) is 11.3. The molecule has 2 atom stereocenters. The molecule has 2 unspecified atom stereocenters. The highest BCUT2D eigenvalue weighted by molar-refractivity contribution is 5.83. The third-order valence-corrected chi connectivity index (χ3v) is 4.15. The van der Waals surface area contributed by atoms with Gasteiger partial charge in [0.2, 0.25) is 0 Å². The number of likely N-dealkylation sites (tertiary alicyclic amines) is 1. The zero-order valence-corrected chi connectivity index (χ0v) is 11.3. The molecule has 1 saturated heterocycles. The average molecular weight is 252 g/mol. The minimum Gasteiger partial charge on any atom is -0.338 e. The molecule has 2 fully saturated rings. The summed E-state index contributed by atoms with van der Waals surface area (Å²) in [4.78, 5) is 26.0. The van der Waals surface area contributed by atoms with Crippen LogP contribution in [-0.2, 0) is 4.79 Å². The topological polar surface area (TPSA) is 49.4 Å². The molecule has 1 aliphatic heterocycles. The van der Waals surface area contributed by atoms with Gasteiger partial charge in [-0.2, -0.15) is 0 Å². The lowest BCUT2D eigenvalue weighted by molar-refractivity contribution is -0.126. The summed E-state index contributed by atoms with van der Waals surface area (Å²) >= 11 is 0. The van der Waals surface area contributed by atoms with Gasteiger partial charge >= 0.3 is 6.03 Å². The van der Waals surface area contributed by atoms with E-state index < -0.39 is 0 Å². The van der Waals surface area contributed by atoms with Gasteiger partial charge in [-0.05, 0) is 32.1 Å². The first-order valence-electron chi connectivity index (χ1n) is 7.31. The number of hydrogen-bond donors (Lipinski definition) is 1. The Morgan fingerprint density at radius 2 is 2.17 bits per heavy atom. The number of urea groups is 1. The van der Waals surface area contributed by atoms with Crippen LogP contribution in [0.15, 0.2) is 0 Å². The van der Waals surface area contributed by atoms with Gasteiger partial charge in [0.05, 0.1) is 0 Å². The Morgan fingerprint density at radius 3 is 2.89 bits per heavy atom. The molecule has 4 nitrogen and oxygen atoms in total. The fraction of sp³-hybridized carbons (Fsp3) is 0.857. The molecule has 1 aliphatic carbocycles. The quantitative estimate of drug-likeness (QED) is 0.838. The molecular weight excluding hydrogens is 228 g/mol. The third-order valence-electron chi connectivity index (χ3n) is 4.15. The first kappa shape index (κ1) is 13.4. The van der Waals surface area contributed by atoms with Crippen molar-refractivity contribution in [2.75, 3.05) is 13.1 Å². The fourth-order valence-electron chi connectivity index (χ4n) is 3.21. The smallest absolute Gasteiger partial charge is 0.317 e. The fourth-order valence-corrected chi connectivity index (χ4v) is 3.21. The van der Waals surface area contributed by atoms with Gasteiger partial charge in [0.1, 0.15) is 5.78 Å². The van der Waals surface area contributed by atoms with Gasteiger partial charge in [-0.3, -0.25) is 4.79 Å². The predicted molar refractivity (Wildman–Crippen MR) is 70.4 cm³/mol. The van der Waals surface area contributed by atoms with Gasteiger partial charge < -0.3 is 10.2 Å². The molecule has 0 radical (unpaired) electrons. The highest BCUT2D eigenvalue weighted by Crippen LogP contribution is 2.32. The molecule has 0 aromatic heterocycles. The van der Waals surface area contributed by atoms with Crippen molar-refractivity contribution in [1.82, 2.24) is 10.2 Å². The number of hydrogen-bond acceptors (Lipinski definition) is 2. The van der Waals surface area contributed by atoms with Crippen LogP contribution in [0.1, 0.15) is 51.9 Å². The van der Waals surface area contributed by atoms with E-state index in [-0.39, 0.29) is 18.0 Å². The molecule has 102 valence electrons. The molecule has 4 heteroatoms. The molecule has 2 amide bonds. The second kappa shape index (κ2) is 6.21. The van der Waals surface area contributed by atoms with Gasteiger partial charge in [0, 0.05) is 31.5 Å². The van der Waals surface area contributed by atoms with Gasteiger partial charge in [0.15, 0.2) is 0 Å². The molecule has 0 bridgehead atoms. The van der Waals surface area contributed by atoms with E-state index in [1.54, 1.807) is 0 Å². The summed E-state index contributed by atoms with van der Waals surface area (Å²) in [5.74, 6) is 0.482. The molecule has 0 spiro atoms. The minimum absolute atomic E-state index is 0.0257. The number of Topliss-reactive ketones (excluding diaryl/α,β-unsaturated/α-hetero) is 1. The van der Waals surface area contributed by atoms with E-state index in [0.29, 0.717) is 12.2 Å². The van der Waals surface area contributed by atoms with Gasteiger partial charge in [-0.25, -0.2) is 4.79 Å². The molecule has 18 heavy (non-hydrogen) atoms. The summed E-state index contributed by atoms with van der Waals surface area (Å²) < 4.78 is 0. The lowest BCUT2D eigenvalue weighted by atomic mass is 9.82. The highest BCUT2D eigenvalue weighted by Gasteiger charge is 2.38. The lowest BCUT2D eigenvalue weighted by Crippen LogP contribution is -2.48. The van der Waals surface area contributed by atoms with Crippen LogP contribution in [0, 0.1) is 5.92 Å². The van der Waals surface area contributed by atoms with E-state index >= 15 is 0 Å². The number of nitrogens with one attached hydrogen (secondary N) is 1. The molecule has 1 heterocycles. The van der Waals surface area contributed by atoms with Crippen molar-refractivity contribution in [1.29, 1.82) is 0 Å². The molecule has 2 aliphatic rings. The molecule has 2 rings (SSSR count). The lowest BCUT2D eigenvalue weighted by Gasteiger charge is -2.33. The van der Waals surface area contributed by atoms with Crippen LogP contribution < -0.4 is 5.32 Å². The van der Waals surface area contributed by atoms with Crippen LogP contribution in [0.25, 0.3) is 0 Å². The Bertz CT molecular complexity index is 317. The number of rotatable bonds is 3. The van der Waals surface area contributed by atoms with Crippen molar-refractivity contribution in [2.45, 2.75) is 57.9 Å². The Morgan fingerprint density at radius 1 is 1.33 bits per heavy atom. The van der Waals surface area contributed by atoms with E-state index in [1.807, 2.05) is 11.8 Å². The molecular formula is C14H24N2O2. The van der Waals surface area contributed by atoms with E-state index in [1.165, 1.54) is 0 Å². The first-order valence-corrected chi connectivity index (χ1v) is 7.31. The number of ketones is 1. The second-order valence-corrected chi connectivity index (χ2v) is 5.45. The normalized spacial score (nSPS) is 28.5. The summed E-state index contributed by atoms with van der Waals surface area (Å²) in [7, 11) is 0. The van der Waals surface area contributed by atoms with Crippen LogP contribution in [-0.4, -0.2) is 35.8 Å². The number of carbonyl (C=O) groups is 2. The second-order valence-electron chi connectivity index (χ2n) is 5.45. The van der Waals surface area contributed by atoms with Crippen LogP contribution in [0.5, 0.6) is 0 Å². The summed E-state index contributed by atoms with van der Waals surface area (Å²) in [5.41, 5.74) is 0. The summed E-state index contributed by atoms with van der Waals surface area (Å²) in [5, 5.41) is 2.93. The van der Waals surface area contributed by atoms with Gasteiger partial charge in [0.25, 0.3) is 0 Å². The van der Waals surface area contributed by atoms with Crippen molar-refractivity contribution >= 4 is 11.8 Å². The number of amides is 2. The molecule has 1 saturated carbocycles. The SMILES string of the molecule is CCCNC(=O)N1CCCC1C1CCCCC1=O. The maximum absolute atomic E-state index is 12.1. The summed E-state index contributed by atoms with van der Waals surface area (Å²) in [6.45, 7) is 3.58. The van der Waals surface area contributed by atoms with Crippen molar-refractivity contribution < 1.29 is 9.59 Å². The van der Waals surface area contributed by atoms with E-state index in [4.69, 9.17) is 0 Å². The highest BCUT2D eigenvalue weighted by atomic mass is 16.2. The largest absolute Gasteiger partial charge is 0.338 e. The Balaban J connectivity index is 1.97. The predicted octanol–water partition coefficient (Wildman–Crippen LogP) is 2.33. The first-order chi connectivity index (χ1) is 8.74. The number of carbonyl (C=O) groups excluding carboxylic acids is 2. The Hall–Kier alpha value is -1.06. The maximum Gasteiger partial charge on any atom is 0.317 e. The van der Waals surface area contributed by atoms with Crippen molar-refractivity contribution in [3.63, 3.8) is 0 Å². The van der Waals surface area contributed by atoms with Crippen LogP contribution in [0.4, 0.5) is 4.79 Å². The zero-order chi connectivity index (χ0) is 13.0. The molecule has 0 aromatic carbocycles. The maximum atomic E-state index is 12.1. The number of nitrogens with zero attached hydrogens (tertiary/aromatic N) is 1. The average Bonchev–Trinajstić information content (AvgIpc) is 2.85. The van der Waals surface area contributed by atoms with Crippen LogP contribution >= 0.6 is 0 Å².